The third-order valence-electron chi connectivity index (χ3n) is 3.40. The summed E-state index contributed by atoms with van der Waals surface area (Å²) in [6.45, 7) is 5.88. The standard InChI is InChI=1S/C17H20N2O/c1-11-7-8-12(2)16(9-11)17(20)19-13(3)14-5-4-6-15(18)10-14/h4-10,13H,18H2,1-3H3,(H,19,20). The number of anilines is 1. The van der Waals surface area contributed by atoms with Crippen molar-refractivity contribution in [1.29, 1.82) is 0 Å². The van der Waals surface area contributed by atoms with Crippen molar-refractivity contribution in [2.45, 2.75) is 26.8 Å². The first-order valence-corrected chi connectivity index (χ1v) is 6.71. The maximum atomic E-state index is 12.3. The second-order valence-corrected chi connectivity index (χ2v) is 5.18. The van der Waals surface area contributed by atoms with Crippen molar-refractivity contribution in [1.82, 2.24) is 5.32 Å². The average Bonchev–Trinajstić information content (AvgIpc) is 2.41. The van der Waals surface area contributed by atoms with Crippen molar-refractivity contribution in [3.05, 3.63) is 64.7 Å². The first kappa shape index (κ1) is 14.1. The van der Waals surface area contributed by atoms with Gasteiger partial charge in [0.1, 0.15) is 0 Å². The van der Waals surface area contributed by atoms with E-state index in [1.807, 2.05) is 63.2 Å². The summed E-state index contributed by atoms with van der Waals surface area (Å²) in [5.41, 5.74) is 10.3. The highest BCUT2D eigenvalue weighted by molar-refractivity contribution is 5.96. The maximum Gasteiger partial charge on any atom is 0.252 e. The Morgan fingerprint density at radius 1 is 1.15 bits per heavy atom. The van der Waals surface area contributed by atoms with Crippen LogP contribution in [0.15, 0.2) is 42.5 Å². The van der Waals surface area contributed by atoms with Gasteiger partial charge in [0.05, 0.1) is 6.04 Å². The molecule has 2 rings (SSSR count). The molecule has 0 saturated carbocycles. The van der Waals surface area contributed by atoms with Gasteiger partial charge in [0.2, 0.25) is 0 Å². The quantitative estimate of drug-likeness (QED) is 0.838. The van der Waals surface area contributed by atoms with E-state index < -0.39 is 0 Å². The van der Waals surface area contributed by atoms with E-state index in [4.69, 9.17) is 5.73 Å². The Bertz CT molecular complexity index is 635. The molecule has 0 aliphatic carbocycles. The minimum absolute atomic E-state index is 0.0545. The monoisotopic (exact) mass is 268 g/mol. The predicted octanol–water partition coefficient (Wildman–Crippen LogP) is 3.38. The summed E-state index contributed by atoms with van der Waals surface area (Å²) in [6.07, 6.45) is 0. The Labute approximate surface area is 119 Å². The molecule has 0 fully saturated rings. The van der Waals surface area contributed by atoms with Gasteiger partial charge in [0, 0.05) is 11.3 Å². The molecule has 0 radical (unpaired) electrons. The molecule has 0 heterocycles. The molecule has 2 aromatic rings. The number of aryl methyl sites for hydroxylation is 2. The van der Waals surface area contributed by atoms with Crippen LogP contribution in [0.5, 0.6) is 0 Å². The number of nitrogens with one attached hydrogen (secondary N) is 1. The van der Waals surface area contributed by atoms with Gasteiger partial charge in [-0.1, -0.05) is 29.8 Å². The highest BCUT2D eigenvalue weighted by Crippen LogP contribution is 2.17. The number of hydrogen-bond acceptors (Lipinski definition) is 2. The van der Waals surface area contributed by atoms with Crippen LogP contribution in [0.2, 0.25) is 0 Å². The molecule has 0 spiro atoms. The molecule has 20 heavy (non-hydrogen) atoms. The lowest BCUT2D eigenvalue weighted by atomic mass is 10.0. The Morgan fingerprint density at radius 3 is 2.60 bits per heavy atom. The zero-order chi connectivity index (χ0) is 14.7. The van der Waals surface area contributed by atoms with Crippen LogP contribution in [0.4, 0.5) is 5.69 Å². The summed E-state index contributed by atoms with van der Waals surface area (Å²) >= 11 is 0. The minimum Gasteiger partial charge on any atom is -0.399 e. The SMILES string of the molecule is Cc1ccc(C)c(C(=O)NC(C)c2cccc(N)c2)c1. The van der Waals surface area contributed by atoms with Gasteiger partial charge >= 0.3 is 0 Å². The fraction of sp³-hybridized carbons (Fsp3) is 0.235. The van der Waals surface area contributed by atoms with Gasteiger partial charge in [-0.3, -0.25) is 4.79 Å². The zero-order valence-corrected chi connectivity index (χ0v) is 12.1. The number of rotatable bonds is 3. The number of benzene rings is 2. The van der Waals surface area contributed by atoms with Crippen molar-refractivity contribution in [3.63, 3.8) is 0 Å². The molecular weight excluding hydrogens is 248 g/mol. The molecular formula is C17H20N2O. The molecule has 1 amide bonds. The summed E-state index contributed by atoms with van der Waals surface area (Å²) in [5.74, 6) is -0.0545. The fourth-order valence-corrected chi connectivity index (χ4v) is 2.17. The van der Waals surface area contributed by atoms with Gasteiger partial charge in [0.15, 0.2) is 0 Å². The Hall–Kier alpha value is -2.29. The molecule has 3 N–H and O–H groups in total. The van der Waals surface area contributed by atoms with Crippen molar-refractivity contribution >= 4 is 11.6 Å². The third-order valence-corrected chi connectivity index (χ3v) is 3.40. The summed E-state index contributed by atoms with van der Waals surface area (Å²) in [6, 6.07) is 13.4. The third kappa shape index (κ3) is 3.18. The molecule has 0 aromatic heterocycles. The number of hydrogen-bond donors (Lipinski definition) is 2. The Balaban J connectivity index is 2.17. The Morgan fingerprint density at radius 2 is 1.90 bits per heavy atom. The van der Waals surface area contributed by atoms with Crippen LogP contribution in [0, 0.1) is 13.8 Å². The second kappa shape index (κ2) is 5.78. The van der Waals surface area contributed by atoms with Crippen molar-refractivity contribution in [2.75, 3.05) is 5.73 Å². The van der Waals surface area contributed by atoms with Gasteiger partial charge in [0.25, 0.3) is 5.91 Å². The van der Waals surface area contributed by atoms with E-state index in [0.717, 1.165) is 22.3 Å². The molecule has 0 aliphatic heterocycles. The number of nitrogen functional groups attached to an aromatic ring is 1. The second-order valence-electron chi connectivity index (χ2n) is 5.18. The lowest BCUT2D eigenvalue weighted by Gasteiger charge is -2.16. The molecule has 0 bridgehead atoms. The normalized spacial score (nSPS) is 11.9. The van der Waals surface area contributed by atoms with E-state index >= 15 is 0 Å². The Kier molecular flexibility index (Phi) is 4.08. The molecule has 1 atom stereocenters. The van der Waals surface area contributed by atoms with Gasteiger partial charge in [-0.25, -0.2) is 0 Å². The van der Waals surface area contributed by atoms with Gasteiger partial charge in [-0.05, 0) is 50.1 Å². The van der Waals surface area contributed by atoms with Crippen LogP contribution < -0.4 is 11.1 Å². The van der Waals surface area contributed by atoms with Crippen molar-refractivity contribution in [3.8, 4) is 0 Å². The van der Waals surface area contributed by atoms with E-state index in [2.05, 4.69) is 5.32 Å². The topological polar surface area (TPSA) is 55.1 Å². The number of carbonyl (C=O) groups is 1. The summed E-state index contributed by atoms with van der Waals surface area (Å²) in [7, 11) is 0. The van der Waals surface area contributed by atoms with Crippen molar-refractivity contribution < 1.29 is 4.79 Å². The maximum absolute atomic E-state index is 12.3. The van der Waals surface area contributed by atoms with E-state index in [1.54, 1.807) is 0 Å². The van der Waals surface area contributed by atoms with Gasteiger partial charge in [-0.2, -0.15) is 0 Å². The van der Waals surface area contributed by atoms with Crippen LogP contribution >= 0.6 is 0 Å². The molecule has 2 aromatic carbocycles. The van der Waals surface area contributed by atoms with Gasteiger partial charge in [-0.15, -0.1) is 0 Å². The van der Waals surface area contributed by atoms with Crippen LogP contribution in [0.25, 0.3) is 0 Å². The van der Waals surface area contributed by atoms with Crippen LogP contribution in [-0.4, -0.2) is 5.91 Å². The minimum atomic E-state index is -0.0779. The summed E-state index contributed by atoms with van der Waals surface area (Å²) < 4.78 is 0. The highest BCUT2D eigenvalue weighted by atomic mass is 16.1. The molecule has 1 unspecified atom stereocenters. The van der Waals surface area contributed by atoms with Crippen molar-refractivity contribution in [2.24, 2.45) is 0 Å². The van der Waals surface area contributed by atoms with Crippen LogP contribution in [0.1, 0.15) is 40.0 Å². The molecule has 3 nitrogen and oxygen atoms in total. The van der Waals surface area contributed by atoms with Gasteiger partial charge < -0.3 is 11.1 Å². The predicted molar refractivity (Wildman–Crippen MR) is 82.7 cm³/mol. The van der Waals surface area contributed by atoms with Crippen LogP contribution in [0.3, 0.4) is 0 Å². The van der Waals surface area contributed by atoms with Crippen LogP contribution in [-0.2, 0) is 0 Å². The molecule has 104 valence electrons. The van der Waals surface area contributed by atoms with E-state index in [9.17, 15) is 4.79 Å². The molecule has 0 saturated heterocycles. The highest BCUT2D eigenvalue weighted by Gasteiger charge is 2.13. The first-order chi connectivity index (χ1) is 9.47. The molecule has 0 aliphatic rings. The summed E-state index contributed by atoms with van der Waals surface area (Å²) in [4.78, 5) is 12.3. The van der Waals surface area contributed by atoms with E-state index in [1.165, 1.54) is 0 Å². The first-order valence-electron chi connectivity index (χ1n) is 6.71. The summed E-state index contributed by atoms with van der Waals surface area (Å²) in [5, 5.41) is 3.01. The number of amides is 1. The lowest BCUT2D eigenvalue weighted by Crippen LogP contribution is -2.27. The largest absolute Gasteiger partial charge is 0.399 e. The lowest BCUT2D eigenvalue weighted by molar-refractivity contribution is 0.0939. The average molecular weight is 268 g/mol. The number of carbonyl (C=O) groups excluding carboxylic acids is 1. The van der Waals surface area contributed by atoms with E-state index in [-0.39, 0.29) is 11.9 Å². The fourth-order valence-electron chi connectivity index (χ4n) is 2.17. The smallest absolute Gasteiger partial charge is 0.252 e. The van der Waals surface area contributed by atoms with E-state index in [0.29, 0.717) is 5.69 Å². The zero-order valence-electron chi connectivity index (χ0n) is 12.1. The molecule has 3 heteroatoms. The number of nitrogens with two attached hydrogens (primary N) is 1.